The summed E-state index contributed by atoms with van der Waals surface area (Å²) in [6, 6.07) is 1.97. The van der Waals surface area contributed by atoms with Crippen molar-refractivity contribution < 1.29 is 8.42 Å². The summed E-state index contributed by atoms with van der Waals surface area (Å²) in [4.78, 5) is 0.00823. The highest BCUT2D eigenvalue weighted by molar-refractivity contribution is 7.91. The van der Waals surface area contributed by atoms with E-state index in [0.29, 0.717) is 6.54 Å². The number of aromatic nitrogens is 2. The Bertz CT molecular complexity index is 556. The van der Waals surface area contributed by atoms with Crippen molar-refractivity contribution in [2.75, 3.05) is 23.9 Å². The average molecular weight is 271 g/mol. The Kier molecular flexibility index (Phi) is 4.55. The smallest absolute Gasteiger partial charge is 0.182 e. The van der Waals surface area contributed by atoms with Gasteiger partial charge in [-0.25, -0.2) is 13.1 Å². The van der Waals surface area contributed by atoms with Crippen LogP contribution >= 0.6 is 0 Å². The number of nitrogen functional groups attached to an aromatic ring is 1. The minimum absolute atomic E-state index is 0.00823. The molecule has 0 aliphatic carbocycles. The van der Waals surface area contributed by atoms with Crippen LogP contribution in [0.15, 0.2) is 4.90 Å². The fourth-order valence-electron chi connectivity index (χ4n) is 1.51. The summed E-state index contributed by atoms with van der Waals surface area (Å²) in [5.41, 5.74) is 5.77. The summed E-state index contributed by atoms with van der Waals surface area (Å²) < 4.78 is 24.7. The van der Waals surface area contributed by atoms with Gasteiger partial charge in [-0.1, -0.05) is 6.92 Å². The topological polar surface area (TPSA) is 114 Å². The van der Waals surface area contributed by atoms with Gasteiger partial charge in [0.1, 0.15) is 5.82 Å². The number of sulfone groups is 1. The molecule has 100 valence electrons. The lowest BCUT2D eigenvalue weighted by atomic mass is 10.4. The second-order valence-corrected chi connectivity index (χ2v) is 5.85. The zero-order chi connectivity index (χ0) is 13.8. The molecule has 0 spiro atoms. The van der Waals surface area contributed by atoms with Crippen LogP contribution in [0.4, 0.5) is 11.6 Å². The molecule has 1 rings (SSSR count). The fraction of sp³-hybridized carbons (Fsp3) is 0.600. The van der Waals surface area contributed by atoms with Gasteiger partial charge in [-0.15, -0.1) is 0 Å². The number of anilines is 2. The third-order valence-electron chi connectivity index (χ3n) is 2.30. The normalized spacial score (nSPS) is 11.2. The SMILES string of the molecule is CCCNc1nn(CCC#N)c(N)c1S(C)(=O)=O. The van der Waals surface area contributed by atoms with Crippen molar-refractivity contribution in [2.45, 2.75) is 31.2 Å². The molecule has 0 atom stereocenters. The molecule has 0 fully saturated rings. The highest BCUT2D eigenvalue weighted by atomic mass is 32.2. The first-order chi connectivity index (χ1) is 8.41. The van der Waals surface area contributed by atoms with Crippen LogP contribution < -0.4 is 11.1 Å². The number of hydrogen-bond donors (Lipinski definition) is 2. The fourth-order valence-corrected chi connectivity index (χ4v) is 2.46. The molecule has 0 unspecified atom stereocenters. The Hall–Kier alpha value is -1.75. The van der Waals surface area contributed by atoms with Crippen molar-refractivity contribution in [1.82, 2.24) is 9.78 Å². The molecule has 1 heterocycles. The van der Waals surface area contributed by atoms with Crippen LogP contribution in [0.3, 0.4) is 0 Å². The van der Waals surface area contributed by atoms with E-state index in [-0.39, 0.29) is 29.5 Å². The van der Waals surface area contributed by atoms with Gasteiger partial charge in [0, 0.05) is 12.8 Å². The van der Waals surface area contributed by atoms with Gasteiger partial charge in [0.15, 0.2) is 20.6 Å². The molecular weight excluding hydrogens is 254 g/mol. The number of rotatable bonds is 6. The van der Waals surface area contributed by atoms with Crippen molar-refractivity contribution in [3.05, 3.63) is 0 Å². The van der Waals surface area contributed by atoms with Gasteiger partial charge in [-0.3, -0.25) is 0 Å². The third-order valence-corrected chi connectivity index (χ3v) is 3.44. The molecule has 1 aromatic heterocycles. The Morgan fingerprint density at radius 1 is 1.56 bits per heavy atom. The molecular formula is C10H17N5O2S. The van der Waals surface area contributed by atoms with Crippen molar-refractivity contribution in [2.24, 2.45) is 0 Å². The summed E-state index contributed by atoms with van der Waals surface area (Å²) in [5, 5.41) is 15.6. The van der Waals surface area contributed by atoms with Crippen LogP contribution in [-0.2, 0) is 16.4 Å². The lowest BCUT2D eigenvalue weighted by Crippen LogP contribution is -2.07. The standard InChI is InChI=1S/C10H17N5O2S/c1-3-6-13-10-8(18(2,16)17)9(12)15(14-10)7-4-5-11/h3-4,6-7,12H2,1-2H3,(H,13,14). The largest absolute Gasteiger partial charge is 0.383 e. The monoisotopic (exact) mass is 271 g/mol. The number of nitrogens with one attached hydrogen (secondary N) is 1. The van der Waals surface area contributed by atoms with Crippen molar-refractivity contribution in [3.8, 4) is 6.07 Å². The molecule has 0 saturated heterocycles. The molecule has 7 nitrogen and oxygen atoms in total. The van der Waals surface area contributed by atoms with Crippen molar-refractivity contribution in [3.63, 3.8) is 0 Å². The van der Waals surface area contributed by atoms with Gasteiger partial charge in [-0.05, 0) is 6.42 Å². The van der Waals surface area contributed by atoms with Crippen molar-refractivity contribution in [1.29, 1.82) is 5.26 Å². The van der Waals surface area contributed by atoms with E-state index in [4.69, 9.17) is 11.0 Å². The van der Waals surface area contributed by atoms with E-state index in [1.807, 2.05) is 13.0 Å². The van der Waals surface area contributed by atoms with Crippen LogP contribution in [0.2, 0.25) is 0 Å². The number of nitrogens with two attached hydrogens (primary N) is 1. The zero-order valence-corrected chi connectivity index (χ0v) is 11.3. The Balaban J connectivity index is 3.19. The summed E-state index contributed by atoms with van der Waals surface area (Å²) in [7, 11) is -3.45. The first-order valence-corrected chi connectivity index (χ1v) is 7.48. The summed E-state index contributed by atoms with van der Waals surface area (Å²) in [6.07, 6.45) is 2.16. The Labute approximate surface area is 107 Å². The predicted molar refractivity (Wildman–Crippen MR) is 68.8 cm³/mol. The van der Waals surface area contributed by atoms with E-state index in [1.165, 1.54) is 4.68 Å². The Morgan fingerprint density at radius 3 is 2.72 bits per heavy atom. The number of nitriles is 1. The molecule has 1 aromatic rings. The molecule has 0 aromatic carbocycles. The first kappa shape index (κ1) is 14.3. The maximum atomic E-state index is 11.7. The molecule has 0 aliphatic heterocycles. The lowest BCUT2D eigenvalue weighted by Gasteiger charge is -2.02. The Morgan fingerprint density at radius 2 is 2.22 bits per heavy atom. The third kappa shape index (κ3) is 3.13. The molecule has 0 saturated carbocycles. The van der Waals surface area contributed by atoms with Crippen LogP contribution in [0.5, 0.6) is 0 Å². The minimum Gasteiger partial charge on any atom is -0.383 e. The maximum absolute atomic E-state index is 11.7. The van der Waals surface area contributed by atoms with Gasteiger partial charge >= 0.3 is 0 Å². The molecule has 18 heavy (non-hydrogen) atoms. The summed E-state index contributed by atoms with van der Waals surface area (Å²) >= 11 is 0. The van der Waals surface area contributed by atoms with Crippen LogP contribution in [0, 0.1) is 11.3 Å². The molecule has 3 N–H and O–H groups in total. The molecule has 8 heteroatoms. The van der Waals surface area contributed by atoms with Gasteiger partial charge in [0.05, 0.1) is 19.0 Å². The van der Waals surface area contributed by atoms with E-state index >= 15 is 0 Å². The number of hydrogen-bond acceptors (Lipinski definition) is 6. The molecule has 0 amide bonds. The molecule has 0 bridgehead atoms. The van der Waals surface area contributed by atoms with Crippen LogP contribution in [0.25, 0.3) is 0 Å². The second-order valence-electron chi connectivity index (χ2n) is 3.89. The average Bonchev–Trinajstić information content (AvgIpc) is 2.60. The number of aryl methyl sites for hydroxylation is 1. The summed E-state index contributed by atoms with van der Waals surface area (Å²) in [6.45, 7) is 2.85. The van der Waals surface area contributed by atoms with Gasteiger partial charge in [-0.2, -0.15) is 10.4 Å². The minimum atomic E-state index is -3.45. The maximum Gasteiger partial charge on any atom is 0.182 e. The lowest BCUT2D eigenvalue weighted by molar-refractivity contribution is 0.601. The van der Waals surface area contributed by atoms with E-state index in [2.05, 4.69) is 10.4 Å². The van der Waals surface area contributed by atoms with E-state index < -0.39 is 9.84 Å². The van der Waals surface area contributed by atoms with Crippen LogP contribution in [-0.4, -0.2) is 31.0 Å². The van der Waals surface area contributed by atoms with Crippen LogP contribution in [0.1, 0.15) is 19.8 Å². The van der Waals surface area contributed by atoms with E-state index in [9.17, 15) is 8.42 Å². The quantitative estimate of drug-likeness (QED) is 0.783. The molecule has 0 aliphatic rings. The van der Waals surface area contributed by atoms with Gasteiger partial charge < -0.3 is 11.1 Å². The number of nitrogens with zero attached hydrogens (tertiary/aromatic N) is 3. The highest BCUT2D eigenvalue weighted by Crippen LogP contribution is 2.27. The molecule has 0 radical (unpaired) electrons. The first-order valence-electron chi connectivity index (χ1n) is 5.59. The zero-order valence-electron chi connectivity index (χ0n) is 10.5. The second kappa shape index (κ2) is 5.73. The highest BCUT2D eigenvalue weighted by Gasteiger charge is 2.23. The summed E-state index contributed by atoms with van der Waals surface area (Å²) in [5.74, 6) is 0.334. The van der Waals surface area contributed by atoms with Gasteiger partial charge in [0.2, 0.25) is 0 Å². The van der Waals surface area contributed by atoms with E-state index in [0.717, 1.165) is 12.7 Å². The predicted octanol–water partition coefficient (Wildman–Crippen LogP) is 0.604. The van der Waals surface area contributed by atoms with E-state index in [1.54, 1.807) is 0 Å². The van der Waals surface area contributed by atoms with Gasteiger partial charge in [0.25, 0.3) is 0 Å². The van der Waals surface area contributed by atoms with Crippen molar-refractivity contribution >= 4 is 21.5 Å².